The Labute approximate surface area is 104 Å². The van der Waals surface area contributed by atoms with Crippen LogP contribution < -0.4 is 5.32 Å². The van der Waals surface area contributed by atoms with Crippen LogP contribution in [0.25, 0.3) is 0 Å². The van der Waals surface area contributed by atoms with E-state index in [1.165, 1.54) is 24.1 Å². The Morgan fingerprint density at radius 2 is 1.88 bits per heavy atom. The molecule has 2 heteroatoms. The molecule has 92 valence electrons. The van der Waals surface area contributed by atoms with Gasteiger partial charge in [0.25, 0.3) is 0 Å². The summed E-state index contributed by atoms with van der Waals surface area (Å²) in [5.74, 6) is 0.773. The standard InChI is InChI=1S/C14H25NS/c1-5-13-8-9-14(16-13)7-6-12(4)10-15-11(2)3/h8-9,11-12,15H,5-7,10H2,1-4H3. The molecule has 0 radical (unpaired) electrons. The van der Waals surface area contributed by atoms with Crippen molar-refractivity contribution in [3.63, 3.8) is 0 Å². The Balaban J connectivity index is 2.23. The summed E-state index contributed by atoms with van der Waals surface area (Å²) in [6.07, 6.45) is 3.71. The maximum atomic E-state index is 3.50. The summed E-state index contributed by atoms with van der Waals surface area (Å²) in [7, 11) is 0. The largest absolute Gasteiger partial charge is 0.314 e. The average molecular weight is 239 g/mol. The van der Waals surface area contributed by atoms with Crippen molar-refractivity contribution in [1.29, 1.82) is 0 Å². The van der Waals surface area contributed by atoms with E-state index in [2.05, 4.69) is 45.1 Å². The van der Waals surface area contributed by atoms with E-state index >= 15 is 0 Å². The lowest BCUT2D eigenvalue weighted by Crippen LogP contribution is -2.27. The zero-order valence-corrected chi connectivity index (χ0v) is 11.9. The third-order valence-electron chi connectivity index (χ3n) is 2.82. The molecule has 0 spiro atoms. The minimum Gasteiger partial charge on any atom is -0.314 e. The Kier molecular flexibility index (Phi) is 6.07. The first-order valence-corrected chi connectivity index (χ1v) is 7.24. The smallest absolute Gasteiger partial charge is 0.00482 e. The molecule has 0 bridgehead atoms. The SMILES string of the molecule is CCc1ccc(CCC(C)CNC(C)C)s1. The van der Waals surface area contributed by atoms with Gasteiger partial charge in [-0.3, -0.25) is 0 Å². The summed E-state index contributed by atoms with van der Waals surface area (Å²) in [6.45, 7) is 10.1. The number of aryl methyl sites for hydroxylation is 2. The molecule has 0 saturated carbocycles. The van der Waals surface area contributed by atoms with Crippen LogP contribution >= 0.6 is 11.3 Å². The lowest BCUT2D eigenvalue weighted by molar-refractivity contribution is 0.455. The molecule has 0 fully saturated rings. The zero-order valence-electron chi connectivity index (χ0n) is 11.0. The molecule has 0 aliphatic rings. The van der Waals surface area contributed by atoms with Gasteiger partial charge >= 0.3 is 0 Å². The highest BCUT2D eigenvalue weighted by atomic mass is 32.1. The maximum absolute atomic E-state index is 3.50. The highest BCUT2D eigenvalue weighted by Crippen LogP contribution is 2.19. The monoisotopic (exact) mass is 239 g/mol. The maximum Gasteiger partial charge on any atom is 0.00482 e. The molecule has 1 aromatic rings. The van der Waals surface area contributed by atoms with Crippen LogP contribution in [-0.4, -0.2) is 12.6 Å². The Morgan fingerprint density at radius 1 is 1.19 bits per heavy atom. The van der Waals surface area contributed by atoms with Crippen LogP contribution in [0.4, 0.5) is 0 Å². The zero-order chi connectivity index (χ0) is 12.0. The predicted molar refractivity (Wildman–Crippen MR) is 74.3 cm³/mol. The van der Waals surface area contributed by atoms with Gasteiger partial charge in [0.05, 0.1) is 0 Å². The van der Waals surface area contributed by atoms with Crippen molar-refractivity contribution in [3.05, 3.63) is 21.9 Å². The first kappa shape index (κ1) is 13.7. The van der Waals surface area contributed by atoms with Gasteiger partial charge in [-0.2, -0.15) is 0 Å². The fraction of sp³-hybridized carbons (Fsp3) is 0.714. The Morgan fingerprint density at radius 3 is 2.44 bits per heavy atom. The molecule has 0 aliphatic carbocycles. The molecular formula is C14H25NS. The van der Waals surface area contributed by atoms with Gasteiger partial charge in [0.15, 0.2) is 0 Å². The molecule has 1 unspecified atom stereocenters. The van der Waals surface area contributed by atoms with Crippen molar-refractivity contribution in [2.45, 2.75) is 53.0 Å². The molecule has 1 N–H and O–H groups in total. The minimum atomic E-state index is 0.607. The van der Waals surface area contributed by atoms with Crippen molar-refractivity contribution in [1.82, 2.24) is 5.32 Å². The molecule has 1 aromatic heterocycles. The van der Waals surface area contributed by atoms with Gasteiger partial charge in [-0.25, -0.2) is 0 Å². The van der Waals surface area contributed by atoms with Gasteiger partial charge in [0, 0.05) is 15.8 Å². The van der Waals surface area contributed by atoms with E-state index in [0.717, 1.165) is 12.5 Å². The lowest BCUT2D eigenvalue weighted by Gasteiger charge is -2.14. The molecule has 1 atom stereocenters. The van der Waals surface area contributed by atoms with E-state index in [9.17, 15) is 0 Å². The van der Waals surface area contributed by atoms with E-state index in [0.29, 0.717) is 6.04 Å². The second-order valence-electron chi connectivity index (χ2n) is 4.93. The first-order chi connectivity index (χ1) is 7.61. The third kappa shape index (κ3) is 5.13. The molecule has 1 heterocycles. The van der Waals surface area contributed by atoms with E-state index in [4.69, 9.17) is 0 Å². The average Bonchev–Trinajstić information content (AvgIpc) is 2.71. The van der Waals surface area contributed by atoms with Crippen molar-refractivity contribution < 1.29 is 0 Å². The fourth-order valence-electron chi connectivity index (χ4n) is 1.67. The van der Waals surface area contributed by atoms with Crippen LogP contribution in [0.1, 0.15) is 43.9 Å². The summed E-state index contributed by atoms with van der Waals surface area (Å²) in [4.78, 5) is 3.07. The van der Waals surface area contributed by atoms with Crippen molar-refractivity contribution in [3.8, 4) is 0 Å². The van der Waals surface area contributed by atoms with Crippen LogP contribution in [0.15, 0.2) is 12.1 Å². The van der Waals surface area contributed by atoms with Gasteiger partial charge in [0.2, 0.25) is 0 Å². The summed E-state index contributed by atoms with van der Waals surface area (Å²) in [6, 6.07) is 5.18. The number of hydrogen-bond donors (Lipinski definition) is 1. The van der Waals surface area contributed by atoms with E-state index in [1.807, 2.05) is 11.3 Å². The quantitative estimate of drug-likeness (QED) is 0.761. The van der Waals surface area contributed by atoms with Crippen LogP contribution in [-0.2, 0) is 12.8 Å². The first-order valence-electron chi connectivity index (χ1n) is 6.42. The van der Waals surface area contributed by atoms with Crippen molar-refractivity contribution >= 4 is 11.3 Å². The molecular weight excluding hydrogens is 214 g/mol. The van der Waals surface area contributed by atoms with Crippen LogP contribution in [0.3, 0.4) is 0 Å². The summed E-state index contributed by atoms with van der Waals surface area (Å²) in [5.41, 5.74) is 0. The van der Waals surface area contributed by atoms with Crippen molar-refractivity contribution in [2.75, 3.05) is 6.54 Å². The molecule has 1 rings (SSSR count). The molecule has 0 amide bonds. The molecule has 0 aromatic carbocycles. The van der Waals surface area contributed by atoms with Crippen LogP contribution in [0.2, 0.25) is 0 Å². The van der Waals surface area contributed by atoms with E-state index < -0.39 is 0 Å². The van der Waals surface area contributed by atoms with Gasteiger partial charge in [-0.05, 0) is 43.9 Å². The Hall–Kier alpha value is -0.340. The van der Waals surface area contributed by atoms with Gasteiger partial charge in [-0.15, -0.1) is 11.3 Å². The number of rotatable bonds is 7. The van der Waals surface area contributed by atoms with Crippen LogP contribution in [0, 0.1) is 5.92 Å². The van der Waals surface area contributed by atoms with Gasteiger partial charge < -0.3 is 5.32 Å². The molecule has 0 saturated heterocycles. The minimum absolute atomic E-state index is 0.607. The Bertz CT molecular complexity index is 291. The summed E-state index contributed by atoms with van der Waals surface area (Å²) >= 11 is 1.98. The normalized spacial score (nSPS) is 13.3. The highest BCUT2D eigenvalue weighted by Gasteiger charge is 2.05. The number of nitrogens with one attached hydrogen (secondary N) is 1. The fourth-order valence-corrected chi connectivity index (χ4v) is 2.65. The molecule has 0 aliphatic heterocycles. The molecule has 1 nitrogen and oxygen atoms in total. The van der Waals surface area contributed by atoms with E-state index in [1.54, 1.807) is 4.88 Å². The van der Waals surface area contributed by atoms with Gasteiger partial charge in [0.1, 0.15) is 0 Å². The molecule has 16 heavy (non-hydrogen) atoms. The number of hydrogen-bond acceptors (Lipinski definition) is 2. The topological polar surface area (TPSA) is 12.0 Å². The highest BCUT2D eigenvalue weighted by molar-refractivity contribution is 7.11. The third-order valence-corrected chi connectivity index (χ3v) is 4.11. The van der Waals surface area contributed by atoms with Crippen LogP contribution in [0.5, 0.6) is 0 Å². The van der Waals surface area contributed by atoms with Crippen molar-refractivity contribution in [2.24, 2.45) is 5.92 Å². The predicted octanol–water partition coefficient (Wildman–Crippen LogP) is 3.88. The second-order valence-corrected chi connectivity index (χ2v) is 6.18. The van der Waals surface area contributed by atoms with E-state index in [-0.39, 0.29) is 0 Å². The number of thiophene rings is 1. The second kappa shape index (κ2) is 7.08. The van der Waals surface area contributed by atoms with Gasteiger partial charge in [-0.1, -0.05) is 27.7 Å². The lowest BCUT2D eigenvalue weighted by atomic mass is 10.0. The summed E-state index contributed by atoms with van der Waals surface area (Å²) in [5, 5.41) is 3.50. The summed E-state index contributed by atoms with van der Waals surface area (Å²) < 4.78 is 0.